The van der Waals surface area contributed by atoms with Crippen molar-refractivity contribution in [2.45, 2.75) is 6.54 Å². The van der Waals surface area contributed by atoms with Crippen LogP contribution in [0, 0.1) is 10.1 Å². The highest BCUT2D eigenvalue weighted by Gasteiger charge is 2.10. The van der Waals surface area contributed by atoms with Crippen LogP contribution < -0.4 is 5.32 Å². The van der Waals surface area contributed by atoms with E-state index >= 15 is 0 Å². The maximum absolute atomic E-state index is 10.7. The van der Waals surface area contributed by atoms with Crippen LogP contribution in [0.25, 0.3) is 0 Å². The third-order valence-corrected chi connectivity index (χ3v) is 3.24. The summed E-state index contributed by atoms with van der Waals surface area (Å²) in [7, 11) is 0. The van der Waals surface area contributed by atoms with E-state index in [-0.39, 0.29) is 18.0 Å². The van der Waals surface area contributed by atoms with E-state index in [1.54, 1.807) is 12.1 Å². The third-order valence-electron chi connectivity index (χ3n) is 2.67. The predicted octanol–water partition coefficient (Wildman–Crippen LogP) is 4.22. The van der Waals surface area contributed by atoms with Gasteiger partial charge in [-0.1, -0.05) is 23.2 Å². The molecule has 0 spiro atoms. The number of hydrogen-bond donors (Lipinski definition) is 2. The van der Waals surface area contributed by atoms with Gasteiger partial charge >= 0.3 is 0 Å². The maximum Gasteiger partial charge on any atom is 0.271 e. The van der Waals surface area contributed by atoms with Crippen molar-refractivity contribution in [1.29, 1.82) is 0 Å². The van der Waals surface area contributed by atoms with E-state index in [9.17, 15) is 15.2 Å². The van der Waals surface area contributed by atoms with Crippen LogP contribution in [0.1, 0.15) is 5.56 Å². The molecule has 2 N–H and O–H groups in total. The number of benzene rings is 2. The van der Waals surface area contributed by atoms with E-state index in [4.69, 9.17) is 23.2 Å². The zero-order valence-electron chi connectivity index (χ0n) is 10.1. The number of rotatable bonds is 4. The van der Waals surface area contributed by atoms with Gasteiger partial charge in [-0.25, -0.2) is 0 Å². The SMILES string of the molecule is O=[N+]([O-])c1ccc(Cl)c(NCc2cc(Cl)ccc2O)c1. The number of hydrogen-bond acceptors (Lipinski definition) is 4. The van der Waals surface area contributed by atoms with Crippen LogP contribution in [0.2, 0.25) is 10.0 Å². The third kappa shape index (κ3) is 3.31. The summed E-state index contributed by atoms with van der Waals surface area (Å²) < 4.78 is 0. The highest BCUT2D eigenvalue weighted by atomic mass is 35.5. The van der Waals surface area contributed by atoms with Crippen LogP contribution in [-0.2, 0) is 6.54 Å². The number of nitro benzene ring substituents is 1. The first-order chi connectivity index (χ1) is 9.47. The van der Waals surface area contributed by atoms with E-state index in [0.29, 0.717) is 21.3 Å². The number of non-ortho nitro benzene ring substituents is 1. The molecule has 20 heavy (non-hydrogen) atoms. The summed E-state index contributed by atoms with van der Waals surface area (Å²) in [5.41, 5.74) is 0.924. The molecule has 0 aromatic heterocycles. The molecule has 0 aliphatic rings. The number of phenolic OH excluding ortho intramolecular Hbond substituents is 1. The number of nitro groups is 1. The molecule has 0 fully saturated rings. The summed E-state index contributed by atoms with van der Waals surface area (Å²) in [5.74, 6) is 0.0865. The lowest BCUT2D eigenvalue weighted by atomic mass is 10.2. The van der Waals surface area contributed by atoms with Crippen LogP contribution in [0.4, 0.5) is 11.4 Å². The van der Waals surface area contributed by atoms with Gasteiger partial charge in [0.25, 0.3) is 5.69 Å². The van der Waals surface area contributed by atoms with E-state index < -0.39 is 4.92 Å². The Hall–Kier alpha value is -1.98. The Morgan fingerprint density at radius 3 is 2.65 bits per heavy atom. The van der Waals surface area contributed by atoms with E-state index in [1.807, 2.05) is 0 Å². The summed E-state index contributed by atoms with van der Waals surface area (Å²) in [6.07, 6.45) is 0. The minimum Gasteiger partial charge on any atom is -0.508 e. The molecule has 0 amide bonds. The number of phenols is 1. The first-order valence-corrected chi connectivity index (χ1v) is 6.38. The Kier molecular flexibility index (Phi) is 4.32. The van der Waals surface area contributed by atoms with Crippen molar-refractivity contribution in [2.24, 2.45) is 0 Å². The minimum absolute atomic E-state index is 0.0628. The molecule has 0 heterocycles. The molecule has 104 valence electrons. The second-order valence-corrected chi connectivity index (χ2v) is 4.89. The number of anilines is 1. The second kappa shape index (κ2) is 5.98. The molecule has 2 rings (SSSR count). The summed E-state index contributed by atoms with van der Waals surface area (Å²) in [5, 5.41) is 24.2. The Morgan fingerprint density at radius 2 is 1.95 bits per heavy atom. The molecule has 0 bridgehead atoms. The molecule has 2 aromatic rings. The molecule has 5 nitrogen and oxygen atoms in total. The lowest BCUT2D eigenvalue weighted by Gasteiger charge is -2.10. The van der Waals surface area contributed by atoms with Gasteiger partial charge in [0.1, 0.15) is 5.75 Å². The Labute approximate surface area is 124 Å². The number of halogens is 2. The van der Waals surface area contributed by atoms with Gasteiger partial charge in [0, 0.05) is 29.3 Å². The fourth-order valence-electron chi connectivity index (χ4n) is 1.65. The van der Waals surface area contributed by atoms with Crippen molar-refractivity contribution >= 4 is 34.6 Å². The zero-order valence-corrected chi connectivity index (χ0v) is 11.6. The van der Waals surface area contributed by atoms with Crippen molar-refractivity contribution in [3.63, 3.8) is 0 Å². The van der Waals surface area contributed by atoms with Crippen molar-refractivity contribution in [3.05, 3.63) is 62.1 Å². The number of aromatic hydroxyl groups is 1. The molecule has 0 unspecified atom stereocenters. The zero-order chi connectivity index (χ0) is 14.7. The second-order valence-electron chi connectivity index (χ2n) is 4.05. The highest BCUT2D eigenvalue weighted by molar-refractivity contribution is 6.33. The van der Waals surface area contributed by atoms with Crippen LogP contribution >= 0.6 is 23.2 Å². The van der Waals surface area contributed by atoms with E-state index in [2.05, 4.69) is 5.32 Å². The molecular formula is C13H10Cl2N2O3. The van der Waals surface area contributed by atoms with Gasteiger partial charge in [0.15, 0.2) is 0 Å². The fraction of sp³-hybridized carbons (Fsp3) is 0.0769. The highest BCUT2D eigenvalue weighted by Crippen LogP contribution is 2.28. The average molecular weight is 313 g/mol. The van der Waals surface area contributed by atoms with Crippen LogP contribution in [0.15, 0.2) is 36.4 Å². The Balaban J connectivity index is 2.20. The normalized spacial score (nSPS) is 10.3. The lowest BCUT2D eigenvalue weighted by Crippen LogP contribution is -2.01. The van der Waals surface area contributed by atoms with Gasteiger partial charge < -0.3 is 10.4 Å². The largest absolute Gasteiger partial charge is 0.508 e. The van der Waals surface area contributed by atoms with Crippen molar-refractivity contribution in [3.8, 4) is 5.75 Å². The summed E-state index contributed by atoms with van der Waals surface area (Å²) in [6, 6.07) is 8.76. The van der Waals surface area contributed by atoms with Crippen molar-refractivity contribution in [1.82, 2.24) is 0 Å². The quantitative estimate of drug-likeness (QED) is 0.654. The summed E-state index contributed by atoms with van der Waals surface area (Å²) in [4.78, 5) is 10.2. The Morgan fingerprint density at radius 1 is 1.20 bits per heavy atom. The minimum atomic E-state index is -0.502. The van der Waals surface area contributed by atoms with Crippen LogP contribution in [0.5, 0.6) is 5.75 Å². The van der Waals surface area contributed by atoms with Gasteiger partial charge in [0.05, 0.1) is 15.6 Å². The molecular weight excluding hydrogens is 303 g/mol. The smallest absolute Gasteiger partial charge is 0.271 e. The van der Waals surface area contributed by atoms with Gasteiger partial charge in [-0.05, 0) is 24.3 Å². The lowest BCUT2D eigenvalue weighted by molar-refractivity contribution is -0.384. The molecule has 0 radical (unpaired) electrons. The summed E-state index contributed by atoms with van der Waals surface area (Å²) in [6.45, 7) is 0.243. The standard InChI is InChI=1S/C13H10Cl2N2O3/c14-9-1-4-13(18)8(5-9)7-16-12-6-10(17(19)20)2-3-11(12)15/h1-6,16,18H,7H2. The first-order valence-electron chi connectivity index (χ1n) is 5.62. The monoisotopic (exact) mass is 312 g/mol. The van der Waals surface area contributed by atoms with Crippen LogP contribution in [0.3, 0.4) is 0 Å². The first kappa shape index (κ1) is 14.4. The molecule has 0 atom stereocenters. The van der Waals surface area contributed by atoms with Crippen molar-refractivity contribution in [2.75, 3.05) is 5.32 Å². The summed E-state index contributed by atoms with van der Waals surface area (Å²) >= 11 is 11.8. The molecule has 7 heteroatoms. The maximum atomic E-state index is 10.7. The molecule has 2 aromatic carbocycles. The van der Waals surface area contributed by atoms with Gasteiger partial charge in [-0.3, -0.25) is 10.1 Å². The van der Waals surface area contributed by atoms with Gasteiger partial charge in [-0.15, -0.1) is 0 Å². The average Bonchev–Trinajstić information content (AvgIpc) is 2.41. The predicted molar refractivity (Wildman–Crippen MR) is 78.5 cm³/mol. The molecule has 0 aliphatic heterocycles. The number of nitrogens with zero attached hydrogens (tertiary/aromatic N) is 1. The fourth-order valence-corrected chi connectivity index (χ4v) is 2.03. The van der Waals surface area contributed by atoms with Crippen molar-refractivity contribution < 1.29 is 10.0 Å². The number of nitrogens with one attached hydrogen (secondary N) is 1. The molecule has 0 saturated heterocycles. The molecule has 0 saturated carbocycles. The molecule has 0 aliphatic carbocycles. The van der Waals surface area contributed by atoms with Crippen LogP contribution in [-0.4, -0.2) is 10.0 Å². The van der Waals surface area contributed by atoms with Gasteiger partial charge in [0.2, 0.25) is 0 Å². The van der Waals surface area contributed by atoms with Gasteiger partial charge in [-0.2, -0.15) is 0 Å². The topological polar surface area (TPSA) is 75.4 Å². The van der Waals surface area contributed by atoms with E-state index in [0.717, 1.165) is 0 Å². The van der Waals surface area contributed by atoms with E-state index in [1.165, 1.54) is 24.3 Å². The Bertz CT molecular complexity index is 662.